The number of carbonyl (C=O) groups excluding carboxylic acids is 1. The molecule has 1 aromatic rings. The van der Waals surface area contributed by atoms with Crippen LogP contribution < -0.4 is 0 Å². The number of carbonyl (C=O) groups is 1. The van der Waals surface area contributed by atoms with E-state index < -0.39 is 0 Å². The largest absolute Gasteiger partial charge is 0.445 e. The normalized spacial score (nSPS) is 14.7. The summed E-state index contributed by atoms with van der Waals surface area (Å²) in [7, 11) is 0. The van der Waals surface area contributed by atoms with E-state index in [1.807, 2.05) is 36.4 Å². The van der Waals surface area contributed by atoms with Crippen molar-refractivity contribution >= 4 is 6.09 Å². The van der Waals surface area contributed by atoms with Crippen LogP contribution in [0.4, 0.5) is 4.79 Å². The molecule has 0 bridgehead atoms. The minimum absolute atomic E-state index is 0.278. The van der Waals surface area contributed by atoms with Gasteiger partial charge in [0, 0.05) is 19.2 Å². The van der Waals surface area contributed by atoms with Crippen LogP contribution in [0.3, 0.4) is 0 Å². The van der Waals surface area contributed by atoms with Crippen molar-refractivity contribution < 1.29 is 9.53 Å². The lowest BCUT2D eigenvalue weighted by Crippen LogP contribution is -2.36. The Labute approximate surface area is 112 Å². The summed E-state index contributed by atoms with van der Waals surface area (Å²) in [5, 5.41) is 8.57. The number of rotatable bonds is 2. The van der Waals surface area contributed by atoms with E-state index in [0.29, 0.717) is 19.7 Å². The van der Waals surface area contributed by atoms with Gasteiger partial charge < -0.3 is 9.64 Å². The number of amides is 1. The third kappa shape index (κ3) is 3.85. The number of hydrogen-bond donors (Lipinski definition) is 0. The molecule has 2 rings (SSSR count). The van der Waals surface area contributed by atoms with Gasteiger partial charge >= 0.3 is 6.09 Å². The monoisotopic (exact) mass is 256 g/mol. The van der Waals surface area contributed by atoms with E-state index in [4.69, 9.17) is 10.00 Å². The number of likely N-dealkylation sites (tertiary alicyclic amines) is 1. The van der Waals surface area contributed by atoms with Gasteiger partial charge in [-0.1, -0.05) is 35.9 Å². The van der Waals surface area contributed by atoms with Crippen molar-refractivity contribution in [1.82, 2.24) is 4.90 Å². The number of nitrogens with zero attached hydrogens (tertiary/aromatic N) is 2. The highest BCUT2D eigenvalue weighted by atomic mass is 16.6. The zero-order valence-corrected chi connectivity index (χ0v) is 10.7. The summed E-state index contributed by atoms with van der Waals surface area (Å²) in [5.41, 5.74) is 2.09. The van der Waals surface area contributed by atoms with Crippen LogP contribution in [0.5, 0.6) is 0 Å². The first-order valence-corrected chi connectivity index (χ1v) is 6.33. The predicted octanol–water partition coefficient (Wildman–Crippen LogP) is 2.87. The number of hydrogen-bond acceptors (Lipinski definition) is 3. The van der Waals surface area contributed by atoms with Gasteiger partial charge in [-0.2, -0.15) is 5.26 Å². The van der Waals surface area contributed by atoms with Crippen molar-refractivity contribution in [3.63, 3.8) is 0 Å². The van der Waals surface area contributed by atoms with Crippen molar-refractivity contribution in [1.29, 1.82) is 5.26 Å². The van der Waals surface area contributed by atoms with Crippen molar-refractivity contribution in [3.05, 3.63) is 47.5 Å². The molecule has 0 aromatic heterocycles. The van der Waals surface area contributed by atoms with E-state index in [2.05, 4.69) is 0 Å². The molecule has 0 saturated carbocycles. The molecule has 1 heterocycles. The molecule has 19 heavy (non-hydrogen) atoms. The summed E-state index contributed by atoms with van der Waals surface area (Å²) < 4.78 is 5.27. The molecule has 0 spiro atoms. The molecule has 98 valence electrons. The van der Waals surface area contributed by atoms with Crippen LogP contribution in [0.25, 0.3) is 0 Å². The molecular formula is C15H16N2O2. The van der Waals surface area contributed by atoms with Crippen LogP contribution in [0.1, 0.15) is 18.4 Å². The molecule has 1 amide bonds. The minimum Gasteiger partial charge on any atom is -0.445 e. The van der Waals surface area contributed by atoms with Crippen molar-refractivity contribution in [2.24, 2.45) is 0 Å². The first kappa shape index (κ1) is 13.2. The number of allylic oxidation sites excluding steroid dienone is 1. The van der Waals surface area contributed by atoms with Crippen molar-refractivity contribution in [2.75, 3.05) is 13.1 Å². The second-order valence-electron chi connectivity index (χ2n) is 4.46. The highest BCUT2D eigenvalue weighted by molar-refractivity contribution is 5.67. The zero-order valence-electron chi connectivity index (χ0n) is 10.7. The second-order valence-corrected chi connectivity index (χ2v) is 4.46. The molecule has 4 nitrogen and oxygen atoms in total. The quantitative estimate of drug-likeness (QED) is 0.764. The molecule has 1 aromatic carbocycles. The van der Waals surface area contributed by atoms with Gasteiger partial charge in [0.1, 0.15) is 6.61 Å². The van der Waals surface area contributed by atoms with E-state index in [0.717, 1.165) is 24.0 Å². The van der Waals surface area contributed by atoms with Crippen LogP contribution in [0.2, 0.25) is 0 Å². The molecule has 0 atom stereocenters. The Hall–Kier alpha value is -2.28. The highest BCUT2D eigenvalue weighted by Gasteiger charge is 2.19. The topological polar surface area (TPSA) is 53.3 Å². The number of benzene rings is 1. The van der Waals surface area contributed by atoms with Gasteiger partial charge in [-0.25, -0.2) is 4.79 Å². The third-order valence-electron chi connectivity index (χ3n) is 3.14. The number of piperidine rings is 1. The molecular weight excluding hydrogens is 240 g/mol. The molecule has 0 N–H and O–H groups in total. The fourth-order valence-corrected chi connectivity index (χ4v) is 2.02. The van der Waals surface area contributed by atoms with Gasteiger partial charge in [-0.3, -0.25) is 0 Å². The maximum atomic E-state index is 11.9. The minimum atomic E-state index is -0.278. The lowest BCUT2D eigenvalue weighted by Gasteiger charge is -2.27. The third-order valence-corrected chi connectivity index (χ3v) is 3.14. The highest BCUT2D eigenvalue weighted by Crippen LogP contribution is 2.16. The van der Waals surface area contributed by atoms with E-state index in [9.17, 15) is 4.79 Å². The molecule has 0 aliphatic carbocycles. The molecule has 4 heteroatoms. The van der Waals surface area contributed by atoms with Gasteiger partial charge in [-0.05, 0) is 18.4 Å². The molecule has 1 aliphatic rings. The molecule has 1 fully saturated rings. The maximum absolute atomic E-state index is 11.9. The standard InChI is InChI=1S/C15H16N2O2/c16-9-6-13-7-10-17(11-8-13)15(18)19-12-14-4-2-1-3-5-14/h1-6H,7-8,10-12H2. The Balaban J connectivity index is 1.79. The summed E-state index contributed by atoms with van der Waals surface area (Å²) in [6.07, 6.45) is 2.81. The molecule has 1 aliphatic heterocycles. The van der Waals surface area contributed by atoms with E-state index in [-0.39, 0.29) is 6.09 Å². The van der Waals surface area contributed by atoms with Crippen molar-refractivity contribution in [3.8, 4) is 6.07 Å². The van der Waals surface area contributed by atoms with Crippen LogP contribution in [0.15, 0.2) is 42.0 Å². The smallest absolute Gasteiger partial charge is 0.410 e. The van der Waals surface area contributed by atoms with Gasteiger partial charge in [-0.15, -0.1) is 0 Å². The van der Waals surface area contributed by atoms with Gasteiger partial charge in [0.25, 0.3) is 0 Å². The average Bonchev–Trinajstić information content (AvgIpc) is 2.47. The van der Waals surface area contributed by atoms with Gasteiger partial charge in [0.2, 0.25) is 0 Å². The fraction of sp³-hybridized carbons (Fsp3) is 0.333. The average molecular weight is 256 g/mol. The summed E-state index contributed by atoms with van der Waals surface area (Å²) in [5.74, 6) is 0. The maximum Gasteiger partial charge on any atom is 0.410 e. The van der Waals surface area contributed by atoms with E-state index in [1.54, 1.807) is 11.0 Å². The Bertz CT molecular complexity index is 493. The molecule has 0 unspecified atom stereocenters. The lowest BCUT2D eigenvalue weighted by atomic mass is 10.0. The predicted molar refractivity (Wildman–Crippen MR) is 71.1 cm³/mol. The van der Waals surface area contributed by atoms with Crippen LogP contribution in [0, 0.1) is 11.3 Å². The van der Waals surface area contributed by atoms with Crippen LogP contribution >= 0.6 is 0 Å². The molecule has 0 radical (unpaired) electrons. The Morgan fingerprint density at radius 3 is 2.63 bits per heavy atom. The Kier molecular flexibility index (Phi) is 4.57. The number of ether oxygens (including phenoxy) is 1. The summed E-state index contributed by atoms with van der Waals surface area (Å²) in [6.45, 7) is 1.55. The Morgan fingerprint density at radius 1 is 1.32 bits per heavy atom. The molecule has 1 saturated heterocycles. The second kappa shape index (κ2) is 6.60. The first-order chi connectivity index (χ1) is 9.29. The van der Waals surface area contributed by atoms with Gasteiger partial charge in [0.05, 0.1) is 6.07 Å². The SMILES string of the molecule is N#CC=C1CCN(C(=O)OCc2ccccc2)CC1. The van der Waals surface area contributed by atoms with Crippen LogP contribution in [-0.2, 0) is 11.3 Å². The van der Waals surface area contributed by atoms with Gasteiger partial charge in [0.15, 0.2) is 0 Å². The summed E-state index contributed by atoms with van der Waals surface area (Å²) in [6, 6.07) is 11.7. The Morgan fingerprint density at radius 2 is 2.00 bits per heavy atom. The fourth-order valence-electron chi connectivity index (χ4n) is 2.02. The van der Waals surface area contributed by atoms with Crippen molar-refractivity contribution in [2.45, 2.75) is 19.4 Å². The lowest BCUT2D eigenvalue weighted by molar-refractivity contribution is 0.0935. The first-order valence-electron chi connectivity index (χ1n) is 6.33. The summed E-state index contributed by atoms with van der Waals surface area (Å²) in [4.78, 5) is 13.5. The zero-order chi connectivity index (χ0) is 13.5. The van der Waals surface area contributed by atoms with E-state index in [1.165, 1.54) is 0 Å². The van der Waals surface area contributed by atoms with E-state index >= 15 is 0 Å². The number of nitriles is 1. The van der Waals surface area contributed by atoms with Crippen LogP contribution in [-0.4, -0.2) is 24.1 Å². The summed E-state index contributed by atoms with van der Waals surface area (Å²) >= 11 is 0.